The Labute approximate surface area is 95.0 Å². The van der Waals surface area contributed by atoms with Crippen molar-refractivity contribution in [3.05, 3.63) is 54.1 Å². The van der Waals surface area contributed by atoms with E-state index in [4.69, 9.17) is 10.1 Å². The molecule has 2 aromatic rings. The van der Waals surface area contributed by atoms with Gasteiger partial charge in [-0.2, -0.15) is 0 Å². The van der Waals surface area contributed by atoms with Crippen LogP contribution in [0.5, 0.6) is 5.75 Å². The van der Waals surface area contributed by atoms with Crippen LogP contribution >= 0.6 is 0 Å². The zero-order valence-corrected chi connectivity index (χ0v) is 9.10. The lowest BCUT2D eigenvalue weighted by Crippen LogP contribution is -1.91. The van der Waals surface area contributed by atoms with Gasteiger partial charge in [0.25, 0.3) is 0 Å². The minimum Gasteiger partial charge on any atom is -0.496 e. The van der Waals surface area contributed by atoms with E-state index in [1.54, 1.807) is 7.11 Å². The molecular formula is C14H13NO. The molecule has 1 N–H and O–H groups in total. The van der Waals surface area contributed by atoms with Crippen molar-refractivity contribution < 1.29 is 4.74 Å². The van der Waals surface area contributed by atoms with Crippen LogP contribution in [0.4, 0.5) is 0 Å². The molecule has 0 heterocycles. The molecular weight excluding hydrogens is 198 g/mol. The standard InChI is InChI=1S/C14H13NO/c1-16-14-9-5-4-8-13(14)12-7-3-2-6-11(12)10-15/h2-10,15H,1H3. The number of benzene rings is 2. The molecule has 2 rings (SSSR count). The summed E-state index contributed by atoms with van der Waals surface area (Å²) in [7, 11) is 1.66. The first kappa shape index (κ1) is 10.4. The predicted octanol–water partition coefficient (Wildman–Crippen LogP) is 3.36. The Morgan fingerprint density at radius 1 is 0.938 bits per heavy atom. The van der Waals surface area contributed by atoms with Crippen LogP contribution in [0.1, 0.15) is 5.56 Å². The molecule has 16 heavy (non-hydrogen) atoms. The van der Waals surface area contributed by atoms with Gasteiger partial charge >= 0.3 is 0 Å². The maximum atomic E-state index is 7.40. The van der Waals surface area contributed by atoms with Crippen LogP contribution in [0.3, 0.4) is 0 Å². The van der Waals surface area contributed by atoms with Crippen LogP contribution in [-0.4, -0.2) is 13.3 Å². The fourth-order valence-electron chi connectivity index (χ4n) is 1.74. The number of methoxy groups -OCH3 is 1. The Morgan fingerprint density at radius 3 is 2.25 bits per heavy atom. The summed E-state index contributed by atoms with van der Waals surface area (Å²) >= 11 is 0. The van der Waals surface area contributed by atoms with Gasteiger partial charge < -0.3 is 10.1 Å². The molecule has 0 aliphatic heterocycles. The Hall–Kier alpha value is -2.09. The fraction of sp³-hybridized carbons (Fsp3) is 0.0714. The normalized spacial score (nSPS) is 9.81. The lowest BCUT2D eigenvalue weighted by molar-refractivity contribution is 0.416. The van der Waals surface area contributed by atoms with E-state index in [9.17, 15) is 0 Å². The van der Waals surface area contributed by atoms with E-state index in [1.807, 2.05) is 48.5 Å². The molecule has 0 atom stereocenters. The summed E-state index contributed by atoms with van der Waals surface area (Å²) in [4.78, 5) is 0. The van der Waals surface area contributed by atoms with Crippen LogP contribution < -0.4 is 4.74 Å². The summed E-state index contributed by atoms with van der Waals surface area (Å²) in [5.74, 6) is 0.830. The average Bonchev–Trinajstić information content (AvgIpc) is 2.38. The molecule has 0 unspecified atom stereocenters. The van der Waals surface area contributed by atoms with E-state index in [2.05, 4.69) is 0 Å². The molecule has 2 heteroatoms. The third-order valence-electron chi connectivity index (χ3n) is 2.51. The van der Waals surface area contributed by atoms with Gasteiger partial charge in [0.05, 0.1) is 7.11 Å². The van der Waals surface area contributed by atoms with Gasteiger partial charge in [0.15, 0.2) is 0 Å². The number of hydrogen-bond donors (Lipinski definition) is 1. The number of rotatable bonds is 3. The Kier molecular flexibility index (Phi) is 3.01. The highest BCUT2D eigenvalue weighted by atomic mass is 16.5. The second kappa shape index (κ2) is 4.62. The molecule has 0 aliphatic carbocycles. The third kappa shape index (κ3) is 1.82. The fourth-order valence-corrected chi connectivity index (χ4v) is 1.74. The second-order valence-electron chi connectivity index (χ2n) is 3.43. The van der Waals surface area contributed by atoms with E-state index in [0.29, 0.717) is 0 Å². The average molecular weight is 211 g/mol. The monoisotopic (exact) mass is 211 g/mol. The summed E-state index contributed by atoms with van der Waals surface area (Å²) in [6, 6.07) is 15.7. The number of hydrogen-bond acceptors (Lipinski definition) is 2. The van der Waals surface area contributed by atoms with Crippen LogP contribution in [0, 0.1) is 5.41 Å². The van der Waals surface area contributed by atoms with Crippen molar-refractivity contribution in [3.63, 3.8) is 0 Å². The van der Waals surface area contributed by atoms with Crippen molar-refractivity contribution in [2.24, 2.45) is 0 Å². The lowest BCUT2D eigenvalue weighted by Gasteiger charge is -2.10. The molecule has 0 saturated carbocycles. The first-order chi connectivity index (χ1) is 7.86. The highest BCUT2D eigenvalue weighted by Gasteiger charge is 2.07. The molecule has 0 fully saturated rings. The van der Waals surface area contributed by atoms with Crippen LogP contribution in [0.15, 0.2) is 48.5 Å². The maximum Gasteiger partial charge on any atom is 0.126 e. The largest absolute Gasteiger partial charge is 0.496 e. The van der Waals surface area contributed by atoms with Gasteiger partial charge in [0.2, 0.25) is 0 Å². The minimum absolute atomic E-state index is 0.830. The maximum absolute atomic E-state index is 7.40. The van der Waals surface area contributed by atoms with Crippen molar-refractivity contribution in [2.45, 2.75) is 0 Å². The van der Waals surface area contributed by atoms with Gasteiger partial charge in [-0.05, 0) is 17.2 Å². The van der Waals surface area contributed by atoms with Gasteiger partial charge in [-0.3, -0.25) is 0 Å². The molecule has 80 valence electrons. The molecule has 0 aromatic heterocycles. The van der Waals surface area contributed by atoms with Crippen LogP contribution in [0.25, 0.3) is 11.1 Å². The highest BCUT2D eigenvalue weighted by Crippen LogP contribution is 2.31. The lowest BCUT2D eigenvalue weighted by atomic mass is 9.99. The van der Waals surface area contributed by atoms with Gasteiger partial charge in [0, 0.05) is 11.8 Å². The van der Waals surface area contributed by atoms with Crippen molar-refractivity contribution in [2.75, 3.05) is 7.11 Å². The van der Waals surface area contributed by atoms with Gasteiger partial charge in [-0.25, -0.2) is 0 Å². The molecule has 0 bridgehead atoms. The summed E-state index contributed by atoms with van der Waals surface area (Å²) < 4.78 is 5.32. The van der Waals surface area contributed by atoms with Crippen LogP contribution in [-0.2, 0) is 0 Å². The second-order valence-corrected chi connectivity index (χ2v) is 3.43. The molecule has 0 radical (unpaired) electrons. The zero-order chi connectivity index (χ0) is 11.4. The van der Waals surface area contributed by atoms with E-state index >= 15 is 0 Å². The number of ether oxygens (including phenoxy) is 1. The van der Waals surface area contributed by atoms with E-state index in [1.165, 1.54) is 6.21 Å². The Morgan fingerprint density at radius 2 is 1.56 bits per heavy atom. The number of nitrogens with one attached hydrogen (secondary N) is 1. The quantitative estimate of drug-likeness (QED) is 0.776. The van der Waals surface area contributed by atoms with Gasteiger partial charge in [-0.15, -0.1) is 0 Å². The van der Waals surface area contributed by atoms with Gasteiger partial charge in [-0.1, -0.05) is 42.5 Å². The van der Waals surface area contributed by atoms with E-state index < -0.39 is 0 Å². The van der Waals surface area contributed by atoms with Crippen molar-refractivity contribution in [1.29, 1.82) is 5.41 Å². The smallest absolute Gasteiger partial charge is 0.126 e. The molecule has 2 nitrogen and oxygen atoms in total. The summed E-state index contributed by atoms with van der Waals surface area (Å²) in [6.45, 7) is 0. The van der Waals surface area contributed by atoms with Crippen LogP contribution in [0.2, 0.25) is 0 Å². The van der Waals surface area contributed by atoms with Crippen molar-refractivity contribution in [1.82, 2.24) is 0 Å². The molecule has 0 amide bonds. The Bertz CT molecular complexity index is 506. The van der Waals surface area contributed by atoms with Gasteiger partial charge in [0.1, 0.15) is 5.75 Å². The van der Waals surface area contributed by atoms with Crippen molar-refractivity contribution in [3.8, 4) is 16.9 Å². The predicted molar refractivity (Wildman–Crippen MR) is 66.3 cm³/mol. The van der Waals surface area contributed by atoms with Crippen molar-refractivity contribution >= 4 is 6.21 Å². The first-order valence-corrected chi connectivity index (χ1v) is 5.09. The summed E-state index contributed by atoms with van der Waals surface area (Å²) in [5.41, 5.74) is 2.94. The molecule has 2 aromatic carbocycles. The summed E-state index contributed by atoms with van der Waals surface area (Å²) in [5, 5.41) is 7.40. The minimum atomic E-state index is 0.830. The molecule has 0 saturated heterocycles. The first-order valence-electron chi connectivity index (χ1n) is 5.09. The SMILES string of the molecule is COc1ccccc1-c1ccccc1C=N. The van der Waals surface area contributed by atoms with E-state index in [0.717, 1.165) is 22.4 Å². The zero-order valence-electron chi connectivity index (χ0n) is 9.10. The van der Waals surface area contributed by atoms with E-state index in [-0.39, 0.29) is 0 Å². The third-order valence-corrected chi connectivity index (χ3v) is 2.51. The molecule has 0 aliphatic rings. The topological polar surface area (TPSA) is 33.1 Å². The Balaban J connectivity index is 2.62. The highest BCUT2D eigenvalue weighted by molar-refractivity contribution is 5.90. The number of para-hydroxylation sites is 1. The molecule has 0 spiro atoms. The summed E-state index contributed by atoms with van der Waals surface area (Å²) in [6.07, 6.45) is 1.36.